The number of methoxy groups -OCH3 is 1. The fourth-order valence-electron chi connectivity index (χ4n) is 3.40. The number of benzene rings is 3. The quantitative estimate of drug-likeness (QED) is 0.357. The van der Waals surface area contributed by atoms with Crippen LogP contribution >= 0.6 is 0 Å². The molecule has 6 heteroatoms. The number of Topliss-reactive ketones (excluding diaryl/α,β-unsaturated/α-hetero) is 2. The van der Waals surface area contributed by atoms with E-state index in [9.17, 15) is 14.4 Å². The van der Waals surface area contributed by atoms with Gasteiger partial charge in [0.05, 0.1) is 7.11 Å². The lowest BCUT2D eigenvalue weighted by Crippen LogP contribution is -2.35. The normalized spacial score (nSPS) is 11.4. The second-order valence-electron chi connectivity index (χ2n) is 7.77. The van der Waals surface area contributed by atoms with Gasteiger partial charge in [0.1, 0.15) is 11.8 Å². The van der Waals surface area contributed by atoms with Crippen LogP contribution in [0.5, 0.6) is 5.75 Å². The molecule has 33 heavy (non-hydrogen) atoms. The summed E-state index contributed by atoms with van der Waals surface area (Å²) >= 11 is 0. The van der Waals surface area contributed by atoms with Crippen LogP contribution in [0.4, 0.5) is 5.69 Å². The summed E-state index contributed by atoms with van der Waals surface area (Å²) in [6, 6.07) is 20.2. The summed E-state index contributed by atoms with van der Waals surface area (Å²) in [5.74, 6) is -0.693. The molecule has 0 heterocycles. The lowest BCUT2D eigenvalue weighted by atomic mass is 10.0. The van der Waals surface area contributed by atoms with E-state index in [2.05, 4.69) is 5.32 Å². The van der Waals surface area contributed by atoms with Crippen molar-refractivity contribution >= 4 is 23.2 Å². The maximum atomic E-state index is 12.9. The average Bonchev–Trinajstić information content (AvgIpc) is 2.83. The number of ketones is 2. The summed E-state index contributed by atoms with van der Waals surface area (Å²) in [6.45, 7) is 3.46. The Morgan fingerprint density at radius 3 is 2.27 bits per heavy atom. The maximum Gasteiger partial charge on any atom is 0.329 e. The molecule has 3 rings (SSSR count). The molecular weight excluding hydrogens is 418 g/mol. The van der Waals surface area contributed by atoms with Crippen LogP contribution < -0.4 is 10.1 Å². The monoisotopic (exact) mass is 445 g/mol. The predicted molar refractivity (Wildman–Crippen MR) is 127 cm³/mol. The SMILES string of the molecule is COc1cccc(C(=O)COC(=O)[C@@H](CC(=O)c2ccccc2)Nc2ccc(C)cc2C)c1. The molecule has 0 aliphatic heterocycles. The van der Waals surface area contributed by atoms with Crippen LogP contribution in [-0.2, 0) is 9.53 Å². The molecule has 0 saturated carbocycles. The van der Waals surface area contributed by atoms with E-state index >= 15 is 0 Å². The molecule has 0 aliphatic rings. The molecule has 0 radical (unpaired) electrons. The van der Waals surface area contributed by atoms with Crippen LogP contribution in [0.3, 0.4) is 0 Å². The van der Waals surface area contributed by atoms with Gasteiger partial charge in [-0.1, -0.05) is 60.2 Å². The summed E-state index contributed by atoms with van der Waals surface area (Å²) in [4.78, 5) is 38.2. The maximum absolute atomic E-state index is 12.9. The van der Waals surface area contributed by atoms with E-state index in [0.717, 1.165) is 16.8 Å². The topological polar surface area (TPSA) is 81.7 Å². The molecule has 0 spiro atoms. The number of carbonyl (C=O) groups excluding carboxylic acids is 3. The second kappa shape index (κ2) is 11.1. The molecule has 0 aliphatic carbocycles. The van der Waals surface area contributed by atoms with Crippen LogP contribution in [0.2, 0.25) is 0 Å². The molecule has 170 valence electrons. The van der Waals surface area contributed by atoms with Crippen molar-refractivity contribution < 1.29 is 23.9 Å². The average molecular weight is 446 g/mol. The summed E-state index contributed by atoms with van der Waals surface area (Å²) in [7, 11) is 1.51. The van der Waals surface area contributed by atoms with E-state index in [4.69, 9.17) is 9.47 Å². The van der Waals surface area contributed by atoms with Crippen molar-refractivity contribution in [3.8, 4) is 5.75 Å². The van der Waals surface area contributed by atoms with Gasteiger partial charge in [-0.3, -0.25) is 9.59 Å². The molecule has 1 atom stereocenters. The highest BCUT2D eigenvalue weighted by Crippen LogP contribution is 2.20. The van der Waals surface area contributed by atoms with Crippen LogP contribution in [-0.4, -0.2) is 37.3 Å². The Labute approximate surface area is 193 Å². The Balaban J connectivity index is 1.74. The van der Waals surface area contributed by atoms with Crippen LogP contribution in [0.1, 0.15) is 38.3 Å². The first-order valence-corrected chi connectivity index (χ1v) is 10.6. The van der Waals surface area contributed by atoms with Gasteiger partial charge in [0.2, 0.25) is 0 Å². The van der Waals surface area contributed by atoms with Crippen molar-refractivity contribution in [3.05, 3.63) is 95.1 Å². The first-order valence-electron chi connectivity index (χ1n) is 10.6. The van der Waals surface area contributed by atoms with E-state index < -0.39 is 18.6 Å². The molecule has 3 aromatic rings. The summed E-state index contributed by atoms with van der Waals surface area (Å²) in [6.07, 6.45) is -0.108. The molecule has 0 saturated heterocycles. The number of nitrogens with one attached hydrogen (secondary N) is 1. The van der Waals surface area contributed by atoms with Gasteiger partial charge in [-0.2, -0.15) is 0 Å². The van der Waals surface area contributed by atoms with Crippen molar-refractivity contribution in [1.29, 1.82) is 0 Å². The standard InChI is InChI=1S/C27H27NO5/c1-18-12-13-23(19(2)14-18)28-24(16-25(29)20-8-5-4-6-9-20)27(31)33-17-26(30)21-10-7-11-22(15-21)32-3/h4-15,24,28H,16-17H2,1-3H3/t24-/m1/s1. The van der Waals surface area contributed by atoms with Crippen molar-refractivity contribution in [2.45, 2.75) is 26.3 Å². The lowest BCUT2D eigenvalue weighted by Gasteiger charge is -2.20. The minimum Gasteiger partial charge on any atom is -0.497 e. The molecule has 0 amide bonds. The second-order valence-corrected chi connectivity index (χ2v) is 7.77. The first kappa shape index (κ1) is 23.7. The molecule has 6 nitrogen and oxygen atoms in total. The molecular formula is C27H27NO5. The minimum absolute atomic E-state index is 0.108. The van der Waals surface area contributed by atoms with E-state index in [-0.39, 0.29) is 18.0 Å². The van der Waals surface area contributed by atoms with Crippen molar-refractivity contribution in [2.75, 3.05) is 19.0 Å². The van der Waals surface area contributed by atoms with Crippen LogP contribution in [0, 0.1) is 13.8 Å². The molecule has 3 aromatic carbocycles. The Bertz CT molecular complexity index is 1140. The highest BCUT2D eigenvalue weighted by molar-refractivity contribution is 6.01. The number of esters is 1. The molecule has 0 fully saturated rings. The highest BCUT2D eigenvalue weighted by atomic mass is 16.5. The van der Waals surface area contributed by atoms with Gasteiger partial charge < -0.3 is 14.8 Å². The molecule has 0 unspecified atom stereocenters. The largest absolute Gasteiger partial charge is 0.497 e. The number of rotatable bonds is 10. The van der Waals surface area contributed by atoms with E-state index in [0.29, 0.717) is 16.9 Å². The number of hydrogen-bond donors (Lipinski definition) is 1. The van der Waals surface area contributed by atoms with E-state index in [1.165, 1.54) is 7.11 Å². The zero-order chi connectivity index (χ0) is 23.8. The Kier molecular flexibility index (Phi) is 7.97. The Morgan fingerprint density at radius 2 is 1.58 bits per heavy atom. The van der Waals surface area contributed by atoms with Gasteiger partial charge in [0, 0.05) is 23.2 Å². The number of hydrogen-bond acceptors (Lipinski definition) is 6. The summed E-state index contributed by atoms with van der Waals surface area (Å²) in [5, 5.41) is 3.13. The van der Waals surface area contributed by atoms with Crippen molar-refractivity contribution in [2.24, 2.45) is 0 Å². The third-order valence-electron chi connectivity index (χ3n) is 5.22. The zero-order valence-corrected chi connectivity index (χ0v) is 19.0. The fraction of sp³-hybridized carbons (Fsp3) is 0.222. The lowest BCUT2D eigenvalue weighted by molar-refractivity contribution is -0.143. The van der Waals surface area contributed by atoms with Gasteiger partial charge in [-0.15, -0.1) is 0 Å². The van der Waals surface area contributed by atoms with Crippen LogP contribution in [0.15, 0.2) is 72.8 Å². The van der Waals surface area contributed by atoms with E-state index in [1.807, 2.05) is 38.1 Å². The van der Waals surface area contributed by atoms with Gasteiger partial charge in [-0.25, -0.2) is 4.79 Å². The Morgan fingerprint density at radius 1 is 0.848 bits per heavy atom. The highest BCUT2D eigenvalue weighted by Gasteiger charge is 2.25. The smallest absolute Gasteiger partial charge is 0.329 e. The summed E-state index contributed by atoms with van der Waals surface area (Å²) in [5.41, 5.74) is 3.63. The first-order chi connectivity index (χ1) is 15.9. The van der Waals surface area contributed by atoms with Crippen molar-refractivity contribution in [3.63, 3.8) is 0 Å². The Hall–Kier alpha value is -3.93. The van der Waals surface area contributed by atoms with Gasteiger partial charge in [0.25, 0.3) is 0 Å². The third-order valence-corrected chi connectivity index (χ3v) is 5.22. The predicted octanol–water partition coefficient (Wildman–Crippen LogP) is 4.79. The number of aryl methyl sites for hydroxylation is 2. The molecule has 0 aromatic heterocycles. The van der Waals surface area contributed by atoms with Gasteiger partial charge in [0.15, 0.2) is 18.2 Å². The third kappa shape index (κ3) is 6.53. The van der Waals surface area contributed by atoms with E-state index in [1.54, 1.807) is 48.5 Å². The number of ether oxygens (including phenoxy) is 2. The summed E-state index contributed by atoms with van der Waals surface area (Å²) < 4.78 is 10.5. The van der Waals surface area contributed by atoms with Crippen molar-refractivity contribution in [1.82, 2.24) is 0 Å². The zero-order valence-electron chi connectivity index (χ0n) is 19.0. The number of anilines is 1. The minimum atomic E-state index is -0.947. The van der Waals surface area contributed by atoms with Gasteiger partial charge >= 0.3 is 5.97 Å². The van der Waals surface area contributed by atoms with Crippen LogP contribution in [0.25, 0.3) is 0 Å². The van der Waals surface area contributed by atoms with Gasteiger partial charge in [-0.05, 0) is 37.6 Å². The molecule has 1 N–H and O–H groups in total. The molecule has 0 bridgehead atoms. The fourth-order valence-corrected chi connectivity index (χ4v) is 3.40. The number of carbonyl (C=O) groups is 3.